The zero-order valence-electron chi connectivity index (χ0n) is 23.2. The molecule has 3 heteroatoms. The van der Waals surface area contributed by atoms with E-state index in [4.69, 9.17) is 9.97 Å². The number of rotatable bonds is 3. The molecule has 9 rings (SSSR count). The molecule has 43 heavy (non-hydrogen) atoms. The standard InChI is InChI=1S/C40H24N2S/c1-2-12-27(13-3-1)38-40(41-33-23-21-25-11-4-5-15-28(25)39(33)42-38)31-17-7-6-16-29(31)30-19-10-14-26-22-24-35-37(36(26)30)32-18-8-9-20-34(32)43-35/h1-24H. The lowest BCUT2D eigenvalue weighted by Gasteiger charge is -2.16. The summed E-state index contributed by atoms with van der Waals surface area (Å²) in [5, 5.41) is 7.43. The molecular formula is C40H24N2S. The Morgan fingerprint density at radius 1 is 0.395 bits per heavy atom. The van der Waals surface area contributed by atoms with Crippen LogP contribution < -0.4 is 0 Å². The van der Waals surface area contributed by atoms with E-state index in [1.165, 1.54) is 41.9 Å². The third-order valence-electron chi connectivity index (χ3n) is 8.46. The van der Waals surface area contributed by atoms with Crippen LogP contribution >= 0.6 is 11.3 Å². The fraction of sp³-hybridized carbons (Fsp3) is 0. The number of thiophene rings is 1. The van der Waals surface area contributed by atoms with Crippen LogP contribution in [0.15, 0.2) is 146 Å². The molecule has 2 aromatic heterocycles. The molecule has 0 saturated carbocycles. The first-order valence-electron chi connectivity index (χ1n) is 14.5. The lowest BCUT2D eigenvalue weighted by Crippen LogP contribution is -1.98. The van der Waals surface area contributed by atoms with E-state index in [0.29, 0.717) is 0 Å². The zero-order chi connectivity index (χ0) is 28.3. The topological polar surface area (TPSA) is 25.8 Å². The van der Waals surface area contributed by atoms with Gasteiger partial charge in [0.25, 0.3) is 0 Å². The highest BCUT2D eigenvalue weighted by Crippen LogP contribution is 2.45. The first-order chi connectivity index (χ1) is 21.3. The van der Waals surface area contributed by atoms with Crippen LogP contribution in [-0.4, -0.2) is 9.97 Å². The molecule has 0 radical (unpaired) electrons. The van der Waals surface area contributed by atoms with Crippen molar-refractivity contribution in [3.8, 4) is 33.6 Å². The summed E-state index contributed by atoms with van der Waals surface area (Å²) in [5.74, 6) is 0. The van der Waals surface area contributed by atoms with Gasteiger partial charge < -0.3 is 0 Å². The van der Waals surface area contributed by atoms with Gasteiger partial charge >= 0.3 is 0 Å². The van der Waals surface area contributed by atoms with Gasteiger partial charge in [-0.2, -0.15) is 0 Å². The van der Waals surface area contributed by atoms with Crippen molar-refractivity contribution >= 4 is 64.1 Å². The normalized spacial score (nSPS) is 11.7. The maximum absolute atomic E-state index is 5.38. The average molecular weight is 565 g/mol. The molecule has 2 nitrogen and oxygen atoms in total. The van der Waals surface area contributed by atoms with Crippen LogP contribution in [0.2, 0.25) is 0 Å². The number of fused-ring (bicyclic) bond motifs is 8. The maximum atomic E-state index is 5.38. The van der Waals surface area contributed by atoms with Crippen LogP contribution in [0.4, 0.5) is 0 Å². The summed E-state index contributed by atoms with van der Waals surface area (Å²) in [6.07, 6.45) is 0. The Balaban J connectivity index is 1.39. The highest BCUT2D eigenvalue weighted by atomic mass is 32.1. The van der Waals surface area contributed by atoms with Gasteiger partial charge in [-0.15, -0.1) is 11.3 Å². The zero-order valence-corrected chi connectivity index (χ0v) is 24.0. The molecule has 0 atom stereocenters. The maximum Gasteiger partial charge on any atom is 0.0979 e. The number of hydrogen-bond donors (Lipinski definition) is 0. The van der Waals surface area contributed by atoms with Crippen molar-refractivity contribution in [3.63, 3.8) is 0 Å². The molecule has 7 aromatic carbocycles. The smallest absolute Gasteiger partial charge is 0.0979 e. The van der Waals surface area contributed by atoms with E-state index >= 15 is 0 Å². The Hall–Kier alpha value is -5.38. The molecule has 0 N–H and O–H groups in total. The predicted molar refractivity (Wildman–Crippen MR) is 184 cm³/mol. The molecule has 0 unspecified atom stereocenters. The quantitative estimate of drug-likeness (QED) is 0.199. The SMILES string of the molecule is c1ccc(-c2nc3c(ccc4ccccc43)nc2-c2ccccc2-c2cccc3ccc4sc5ccccc5c4c23)cc1. The van der Waals surface area contributed by atoms with E-state index in [1.807, 2.05) is 17.4 Å². The largest absolute Gasteiger partial charge is 0.244 e. The van der Waals surface area contributed by atoms with Crippen molar-refractivity contribution in [1.29, 1.82) is 0 Å². The lowest BCUT2D eigenvalue weighted by molar-refractivity contribution is 1.30. The summed E-state index contributed by atoms with van der Waals surface area (Å²) in [5.41, 5.74) is 8.10. The fourth-order valence-electron chi connectivity index (χ4n) is 6.52. The van der Waals surface area contributed by atoms with Crippen LogP contribution in [-0.2, 0) is 0 Å². The van der Waals surface area contributed by atoms with Crippen molar-refractivity contribution in [2.24, 2.45) is 0 Å². The van der Waals surface area contributed by atoms with Crippen molar-refractivity contribution in [2.45, 2.75) is 0 Å². The summed E-state index contributed by atoms with van der Waals surface area (Å²) in [6.45, 7) is 0. The number of benzene rings is 7. The molecule has 0 aliphatic heterocycles. The molecule has 0 amide bonds. The van der Waals surface area contributed by atoms with E-state index in [9.17, 15) is 0 Å². The van der Waals surface area contributed by atoms with Crippen molar-refractivity contribution in [2.75, 3.05) is 0 Å². The molecule has 0 spiro atoms. The molecular weight excluding hydrogens is 541 g/mol. The lowest BCUT2D eigenvalue weighted by atomic mass is 9.90. The van der Waals surface area contributed by atoms with Crippen LogP contribution in [0.25, 0.3) is 86.4 Å². The summed E-state index contributed by atoms with van der Waals surface area (Å²) < 4.78 is 2.62. The summed E-state index contributed by atoms with van der Waals surface area (Å²) in [7, 11) is 0. The Morgan fingerprint density at radius 3 is 2.00 bits per heavy atom. The van der Waals surface area contributed by atoms with Crippen molar-refractivity contribution < 1.29 is 0 Å². The van der Waals surface area contributed by atoms with E-state index in [-0.39, 0.29) is 0 Å². The summed E-state index contributed by atoms with van der Waals surface area (Å²) >= 11 is 1.86. The number of hydrogen-bond acceptors (Lipinski definition) is 3. The molecule has 200 valence electrons. The van der Waals surface area contributed by atoms with Gasteiger partial charge in [0.1, 0.15) is 0 Å². The van der Waals surface area contributed by atoms with Crippen LogP contribution in [0.5, 0.6) is 0 Å². The van der Waals surface area contributed by atoms with E-state index < -0.39 is 0 Å². The third kappa shape index (κ3) is 3.79. The molecule has 0 saturated heterocycles. The molecule has 0 bridgehead atoms. The van der Waals surface area contributed by atoms with Gasteiger partial charge in [0.05, 0.1) is 22.4 Å². The fourth-order valence-corrected chi connectivity index (χ4v) is 7.63. The summed E-state index contributed by atoms with van der Waals surface area (Å²) in [6, 6.07) is 51.7. The molecule has 2 heterocycles. The Labute approximate surface area is 252 Å². The summed E-state index contributed by atoms with van der Waals surface area (Å²) in [4.78, 5) is 10.7. The second kappa shape index (κ2) is 9.59. The third-order valence-corrected chi connectivity index (χ3v) is 9.60. The van der Waals surface area contributed by atoms with E-state index in [2.05, 4.69) is 140 Å². The minimum Gasteiger partial charge on any atom is -0.244 e. The first kappa shape index (κ1) is 24.2. The second-order valence-corrected chi connectivity index (χ2v) is 12.0. The van der Waals surface area contributed by atoms with Crippen molar-refractivity contribution in [3.05, 3.63) is 146 Å². The van der Waals surface area contributed by atoms with Crippen LogP contribution in [0, 0.1) is 0 Å². The van der Waals surface area contributed by atoms with Crippen LogP contribution in [0.3, 0.4) is 0 Å². The Bertz CT molecular complexity index is 2510. The molecule has 0 aliphatic rings. The molecule has 9 aromatic rings. The van der Waals surface area contributed by atoms with Gasteiger partial charge in [-0.3, -0.25) is 0 Å². The van der Waals surface area contributed by atoms with Crippen LogP contribution in [0.1, 0.15) is 0 Å². The highest BCUT2D eigenvalue weighted by molar-refractivity contribution is 7.26. The van der Waals surface area contributed by atoms with Gasteiger partial charge in [0, 0.05) is 36.7 Å². The first-order valence-corrected chi connectivity index (χ1v) is 15.3. The minimum absolute atomic E-state index is 0.892. The minimum atomic E-state index is 0.892. The highest BCUT2D eigenvalue weighted by Gasteiger charge is 2.20. The average Bonchev–Trinajstić information content (AvgIpc) is 3.47. The Morgan fingerprint density at radius 2 is 1.09 bits per heavy atom. The van der Waals surface area contributed by atoms with Gasteiger partial charge in [-0.25, -0.2) is 9.97 Å². The second-order valence-electron chi connectivity index (χ2n) is 10.9. The monoisotopic (exact) mass is 564 g/mol. The number of aromatic nitrogens is 2. The van der Waals surface area contributed by atoms with Gasteiger partial charge in [-0.05, 0) is 45.5 Å². The predicted octanol–water partition coefficient (Wildman–Crippen LogP) is 11.3. The van der Waals surface area contributed by atoms with Gasteiger partial charge in [-0.1, -0.05) is 127 Å². The molecule has 0 aliphatic carbocycles. The van der Waals surface area contributed by atoms with E-state index in [0.717, 1.165) is 44.5 Å². The Kier molecular flexibility index (Phi) is 5.40. The number of nitrogens with zero attached hydrogens (tertiary/aromatic N) is 2. The van der Waals surface area contributed by atoms with Gasteiger partial charge in [0.2, 0.25) is 0 Å². The molecule has 0 fully saturated rings. The van der Waals surface area contributed by atoms with E-state index in [1.54, 1.807) is 0 Å². The van der Waals surface area contributed by atoms with Crippen molar-refractivity contribution in [1.82, 2.24) is 9.97 Å². The van der Waals surface area contributed by atoms with Gasteiger partial charge in [0.15, 0.2) is 0 Å².